The molecule has 0 aliphatic rings. The summed E-state index contributed by atoms with van der Waals surface area (Å²) < 4.78 is 0. The molecule has 0 bridgehead atoms. The molecular weight excluding hydrogens is 176 g/mol. The van der Waals surface area contributed by atoms with Crippen molar-refractivity contribution in [3.05, 3.63) is 0 Å². The van der Waals surface area contributed by atoms with Crippen molar-refractivity contribution in [1.82, 2.24) is 10.6 Å². The van der Waals surface area contributed by atoms with Gasteiger partial charge in [-0.3, -0.25) is 4.79 Å². The van der Waals surface area contributed by atoms with Gasteiger partial charge in [-0.15, -0.1) is 0 Å². The quantitative estimate of drug-likeness (QED) is 0.646. The highest BCUT2D eigenvalue weighted by molar-refractivity contribution is 5.75. The largest absolute Gasteiger partial charge is 0.356 e. The van der Waals surface area contributed by atoms with Gasteiger partial charge in [-0.2, -0.15) is 0 Å². The van der Waals surface area contributed by atoms with E-state index in [0.717, 1.165) is 19.4 Å². The lowest BCUT2D eigenvalue weighted by Crippen LogP contribution is -2.23. The van der Waals surface area contributed by atoms with Crippen molar-refractivity contribution in [3.8, 4) is 0 Å². The Kier molecular flexibility index (Phi) is 16.9. The summed E-state index contributed by atoms with van der Waals surface area (Å²) in [5.41, 5.74) is 0. The minimum Gasteiger partial charge on any atom is -0.356 e. The predicted molar refractivity (Wildman–Crippen MR) is 62.4 cm³/mol. The Bertz CT molecular complexity index is 116. The molecule has 0 rings (SSSR count). The van der Waals surface area contributed by atoms with Crippen molar-refractivity contribution in [2.45, 2.75) is 46.0 Å². The maximum absolute atomic E-state index is 11.0. The molecule has 14 heavy (non-hydrogen) atoms. The Morgan fingerprint density at radius 3 is 2.07 bits per heavy atom. The first-order chi connectivity index (χ1) is 6.72. The Morgan fingerprint density at radius 1 is 1.07 bits per heavy atom. The third kappa shape index (κ3) is 17.5. The van der Waals surface area contributed by atoms with E-state index in [1.54, 1.807) is 0 Å². The van der Waals surface area contributed by atoms with Crippen LogP contribution in [0.25, 0.3) is 0 Å². The van der Waals surface area contributed by atoms with E-state index in [2.05, 4.69) is 24.5 Å². The molecule has 0 atom stereocenters. The van der Waals surface area contributed by atoms with E-state index < -0.39 is 0 Å². The second-order valence-corrected chi connectivity index (χ2v) is 3.31. The van der Waals surface area contributed by atoms with E-state index in [1.165, 1.54) is 12.8 Å². The summed E-state index contributed by atoms with van der Waals surface area (Å²) in [4.78, 5) is 11.0. The molecular formula is C11H26N2O. The van der Waals surface area contributed by atoms with Gasteiger partial charge < -0.3 is 10.6 Å². The third-order valence-electron chi connectivity index (χ3n) is 1.58. The van der Waals surface area contributed by atoms with Gasteiger partial charge in [-0.25, -0.2) is 0 Å². The van der Waals surface area contributed by atoms with Crippen LogP contribution < -0.4 is 10.6 Å². The van der Waals surface area contributed by atoms with Gasteiger partial charge in [0, 0.05) is 13.0 Å². The number of rotatable bonds is 6. The van der Waals surface area contributed by atoms with Crippen molar-refractivity contribution in [2.24, 2.45) is 0 Å². The lowest BCUT2D eigenvalue weighted by molar-refractivity contribution is -0.121. The van der Waals surface area contributed by atoms with Crippen molar-refractivity contribution in [3.63, 3.8) is 0 Å². The van der Waals surface area contributed by atoms with E-state index >= 15 is 0 Å². The maximum Gasteiger partial charge on any atom is 0.219 e. The molecule has 3 heteroatoms. The summed E-state index contributed by atoms with van der Waals surface area (Å²) >= 11 is 0. The zero-order valence-corrected chi connectivity index (χ0v) is 10.2. The van der Waals surface area contributed by atoms with Gasteiger partial charge >= 0.3 is 0 Å². The van der Waals surface area contributed by atoms with Gasteiger partial charge in [0.1, 0.15) is 0 Å². The van der Waals surface area contributed by atoms with Crippen LogP contribution >= 0.6 is 0 Å². The van der Waals surface area contributed by atoms with Crippen molar-refractivity contribution in [2.75, 3.05) is 20.6 Å². The summed E-state index contributed by atoms with van der Waals surface area (Å²) in [6, 6.07) is 0. The van der Waals surface area contributed by atoms with Crippen LogP contribution in [0.4, 0.5) is 0 Å². The smallest absolute Gasteiger partial charge is 0.219 e. The Morgan fingerprint density at radius 2 is 1.64 bits per heavy atom. The molecule has 0 aliphatic carbocycles. The van der Waals surface area contributed by atoms with Crippen LogP contribution in [0.3, 0.4) is 0 Å². The highest BCUT2D eigenvalue weighted by Gasteiger charge is 1.97. The van der Waals surface area contributed by atoms with Crippen LogP contribution in [0.15, 0.2) is 0 Å². The lowest BCUT2D eigenvalue weighted by atomic mass is 10.2. The van der Waals surface area contributed by atoms with E-state index in [-0.39, 0.29) is 5.91 Å². The molecule has 0 aromatic heterocycles. The highest BCUT2D eigenvalue weighted by Crippen LogP contribution is 1.97. The van der Waals surface area contributed by atoms with Crippen molar-refractivity contribution in [1.29, 1.82) is 0 Å². The van der Waals surface area contributed by atoms with Gasteiger partial charge in [0.15, 0.2) is 0 Å². The van der Waals surface area contributed by atoms with Crippen LogP contribution in [-0.4, -0.2) is 26.5 Å². The third-order valence-corrected chi connectivity index (χ3v) is 1.58. The maximum atomic E-state index is 11.0. The summed E-state index contributed by atoms with van der Waals surface area (Å²) in [6.07, 6.45) is 5.11. The Balaban J connectivity index is 0. The summed E-state index contributed by atoms with van der Waals surface area (Å²) in [5, 5.41) is 5.60. The summed E-state index contributed by atoms with van der Waals surface area (Å²) in [7, 11) is 3.75. The standard InChI is InChI=1S/C9H19NO.C2H7N/c1-3-5-6-7-9(11)10-8-4-2;1-3-2/h3-8H2,1-2H3,(H,10,11);3H,1-2H3. The fourth-order valence-electron chi connectivity index (χ4n) is 0.888. The first kappa shape index (κ1) is 15.9. The van der Waals surface area contributed by atoms with Crippen LogP contribution in [-0.2, 0) is 4.79 Å². The molecule has 0 saturated heterocycles. The number of hydrogen-bond acceptors (Lipinski definition) is 2. The van der Waals surface area contributed by atoms with Gasteiger partial charge in [-0.05, 0) is 26.9 Å². The minimum atomic E-state index is 0.209. The zero-order valence-electron chi connectivity index (χ0n) is 10.2. The monoisotopic (exact) mass is 202 g/mol. The van der Waals surface area contributed by atoms with Crippen LogP contribution in [0.2, 0.25) is 0 Å². The van der Waals surface area contributed by atoms with Gasteiger partial charge in [0.05, 0.1) is 0 Å². The summed E-state index contributed by atoms with van der Waals surface area (Å²) in [6.45, 7) is 5.03. The molecule has 2 N–H and O–H groups in total. The molecule has 0 heterocycles. The summed E-state index contributed by atoms with van der Waals surface area (Å²) in [5.74, 6) is 0.209. The molecule has 0 unspecified atom stereocenters. The van der Waals surface area contributed by atoms with Gasteiger partial charge in [0.2, 0.25) is 5.91 Å². The molecule has 0 aliphatic heterocycles. The molecule has 0 saturated carbocycles. The molecule has 0 aromatic rings. The molecule has 0 fully saturated rings. The highest BCUT2D eigenvalue weighted by atomic mass is 16.1. The number of carbonyl (C=O) groups excluding carboxylic acids is 1. The van der Waals surface area contributed by atoms with E-state index in [0.29, 0.717) is 6.42 Å². The number of unbranched alkanes of at least 4 members (excludes halogenated alkanes) is 2. The van der Waals surface area contributed by atoms with Crippen LogP contribution in [0.5, 0.6) is 0 Å². The topological polar surface area (TPSA) is 41.1 Å². The second-order valence-electron chi connectivity index (χ2n) is 3.31. The van der Waals surface area contributed by atoms with E-state index in [1.807, 2.05) is 14.1 Å². The fraction of sp³-hybridized carbons (Fsp3) is 0.909. The predicted octanol–water partition coefficient (Wildman–Crippen LogP) is 1.93. The number of amides is 1. The normalized spacial score (nSPS) is 8.86. The first-order valence-electron chi connectivity index (χ1n) is 5.58. The Hall–Kier alpha value is -0.570. The van der Waals surface area contributed by atoms with E-state index in [9.17, 15) is 4.79 Å². The lowest BCUT2D eigenvalue weighted by Gasteiger charge is -2.01. The molecule has 3 nitrogen and oxygen atoms in total. The molecule has 1 amide bonds. The molecule has 0 radical (unpaired) electrons. The fourth-order valence-corrected chi connectivity index (χ4v) is 0.888. The van der Waals surface area contributed by atoms with Gasteiger partial charge in [0.25, 0.3) is 0 Å². The first-order valence-corrected chi connectivity index (χ1v) is 5.58. The minimum absolute atomic E-state index is 0.209. The number of nitrogens with one attached hydrogen (secondary N) is 2. The van der Waals surface area contributed by atoms with Crippen LogP contribution in [0.1, 0.15) is 46.0 Å². The Labute approximate surface area is 88.7 Å². The SMILES string of the molecule is CCCCCC(=O)NCCC.CNC. The average Bonchev–Trinajstić information content (AvgIpc) is 2.16. The van der Waals surface area contributed by atoms with E-state index in [4.69, 9.17) is 0 Å². The second kappa shape index (κ2) is 14.9. The van der Waals surface area contributed by atoms with Crippen LogP contribution in [0, 0.1) is 0 Å². The molecule has 0 aromatic carbocycles. The number of hydrogen-bond donors (Lipinski definition) is 2. The molecule has 86 valence electrons. The average molecular weight is 202 g/mol. The zero-order chi connectivity index (χ0) is 11.2. The van der Waals surface area contributed by atoms with Gasteiger partial charge in [-0.1, -0.05) is 26.7 Å². The van der Waals surface area contributed by atoms with Crippen molar-refractivity contribution < 1.29 is 4.79 Å². The molecule has 0 spiro atoms. The number of carbonyl (C=O) groups is 1. The van der Waals surface area contributed by atoms with Crippen molar-refractivity contribution >= 4 is 5.91 Å².